The number of nitrogens with zero attached hydrogens (tertiary/aromatic N) is 1. The van der Waals surface area contributed by atoms with Crippen molar-refractivity contribution in [2.45, 2.75) is 40.8 Å². The van der Waals surface area contributed by atoms with E-state index < -0.39 is 17.6 Å². The smallest absolute Gasteiger partial charge is 0.360 e. The Morgan fingerprint density at radius 1 is 1.05 bits per heavy atom. The van der Waals surface area contributed by atoms with Gasteiger partial charge in [0.05, 0.1) is 5.56 Å². The minimum absolute atomic E-state index is 0.0438. The van der Waals surface area contributed by atoms with Crippen molar-refractivity contribution in [3.05, 3.63) is 29.3 Å². The lowest BCUT2D eigenvalue weighted by atomic mass is 10.1. The minimum Gasteiger partial charge on any atom is -0.360 e. The molecule has 2 nitrogen and oxygen atoms in total. The molecular formula is C13H17F4NO. The van der Waals surface area contributed by atoms with Crippen LogP contribution in [0.2, 0.25) is 0 Å². The maximum atomic E-state index is 12.9. The maximum Gasteiger partial charge on any atom is 0.418 e. The summed E-state index contributed by atoms with van der Waals surface area (Å²) in [4.78, 5) is 0. The fourth-order valence-electron chi connectivity index (χ4n) is 1.35. The van der Waals surface area contributed by atoms with Crippen molar-refractivity contribution >= 4 is 10.9 Å². The number of hydrogen-bond donors (Lipinski definition) is 0. The second kappa shape index (κ2) is 7.11. The van der Waals surface area contributed by atoms with Gasteiger partial charge < -0.3 is 4.52 Å². The van der Waals surface area contributed by atoms with E-state index in [1.54, 1.807) is 0 Å². The van der Waals surface area contributed by atoms with Gasteiger partial charge in [0.25, 0.3) is 0 Å². The van der Waals surface area contributed by atoms with Gasteiger partial charge in [-0.2, -0.15) is 13.2 Å². The number of aryl methyl sites for hydroxylation is 1. The number of benzene rings is 1. The Balaban J connectivity index is 0.000000741. The number of fused-ring (bicyclic) bond motifs is 1. The van der Waals surface area contributed by atoms with Gasteiger partial charge >= 0.3 is 6.18 Å². The molecule has 0 unspecified atom stereocenters. The molecule has 0 radical (unpaired) electrons. The van der Waals surface area contributed by atoms with Crippen molar-refractivity contribution < 1.29 is 22.1 Å². The first-order valence-corrected chi connectivity index (χ1v) is 6.02. The topological polar surface area (TPSA) is 26.0 Å². The van der Waals surface area contributed by atoms with Gasteiger partial charge in [0.2, 0.25) is 0 Å². The van der Waals surface area contributed by atoms with Crippen LogP contribution in [0.1, 0.15) is 39.0 Å². The Labute approximate surface area is 109 Å². The summed E-state index contributed by atoms with van der Waals surface area (Å²) in [6.07, 6.45) is -4.64. The van der Waals surface area contributed by atoms with Crippen LogP contribution >= 0.6 is 0 Å². The lowest BCUT2D eigenvalue weighted by molar-refractivity contribution is -0.136. The molecule has 0 aliphatic heterocycles. The van der Waals surface area contributed by atoms with Crippen molar-refractivity contribution in [2.24, 2.45) is 0 Å². The van der Waals surface area contributed by atoms with Gasteiger partial charge in [0, 0.05) is 5.39 Å². The molecule has 1 aromatic carbocycles. The lowest BCUT2D eigenvalue weighted by Crippen LogP contribution is -2.06. The summed E-state index contributed by atoms with van der Waals surface area (Å²) < 4.78 is 54.9. The summed E-state index contributed by atoms with van der Waals surface area (Å²) in [7, 11) is 0. The van der Waals surface area contributed by atoms with E-state index in [2.05, 4.69) is 9.68 Å². The second-order valence-corrected chi connectivity index (χ2v) is 3.09. The summed E-state index contributed by atoms with van der Waals surface area (Å²) in [5, 5.41) is 3.31. The van der Waals surface area contributed by atoms with E-state index in [1.807, 2.05) is 27.7 Å². The molecule has 19 heavy (non-hydrogen) atoms. The Kier molecular flexibility index (Phi) is 6.52. The summed E-state index contributed by atoms with van der Waals surface area (Å²) in [6, 6.07) is 1.38. The molecule has 6 heteroatoms. The zero-order valence-electron chi connectivity index (χ0n) is 11.5. The predicted octanol–water partition coefficient (Wildman–Crippen LogP) is 5.35. The molecule has 0 fully saturated rings. The number of aromatic nitrogens is 1. The zero-order valence-corrected chi connectivity index (χ0v) is 11.5. The molecule has 0 spiro atoms. The Hall–Kier alpha value is -1.59. The molecular weight excluding hydrogens is 262 g/mol. The third-order valence-corrected chi connectivity index (χ3v) is 2.03. The highest BCUT2D eigenvalue weighted by Crippen LogP contribution is 2.35. The van der Waals surface area contributed by atoms with Gasteiger partial charge in [-0.3, -0.25) is 0 Å². The summed E-state index contributed by atoms with van der Waals surface area (Å²) in [5.74, 6) is -0.795. The molecule has 0 bridgehead atoms. The third-order valence-electron chi connectivity index (χ3n) is 2.03. The SMILES string of the molecule is CC.CC.Cc1onc2c(C(F)(F)F)cc(F)cc12. The summed E-state index contributed by atoms with van der Waals surface area (Å²) in [6.45, 7) is 9.43. The van der Waals surface area contributed by atoms with Crippen LogP contribution in [0, 0.1) is 12.7 Å². The maximum absolute atomic E-state index is 12.9. The van der Waals surface area contributed by atoms with Gasteiger partial charge in [-0.1, -0.05) is 32.9 Å². The highest BCUT2D eigenvalue weighted by Gasteiger charge is 2.35. The van der Waals surface area contributed by atoms with Crippen molar-refractivity contribution in [2.75, 3.05) is 0 Å². The molecule has 0 saturated heterocycles. The van der Waals surface area contributed by atoms with Crippen molar-refractivity contribution in [3.8, 4) is 0 Å². The van der Waals surface area contributed by atoms with Crippen LogP contribution in [-0.2, 0) is 6.18 Å². The van der Waals surface area contributed by atoms with Gasteiger partial charge in [-0.25, -0.2) is 4.39 Å². The predicted molar refractivity (Wildman–Crippen MR) is 66.4 cm³/mol. The average molecular weight is 279 g/mol. The molecule has 1 aromatic heterocycles. The van der Waals surface area contributed by atoms with Gasteiger partial charge in [-0.05, 0) is 19.1 Å². The molecule has 2 rings (SSSR count). The fourth-order valence-corrected chi connectivity index (χ4v) is 1.35. The van der Waals surface area contributed by atoms with E-state index in [4.69, 9.17) is 0 Å². The number of rotatable bonds is 0. The summed E-state index contributed by atoms with van der Waals surface area (Å²) in [5.41, 5.74) is -1.48. The van der Waals surface area contributed by atoms with Crippen molar-refractivity contribution in [1.29, 1.82) is 0 Å². The normalized spacial score (nSPS) is 10.4. The van der Waals surface area contributed by atoms with Gasteiger partial charge in [-0.15, -0.1) is 0 Å². The Morgan fingerprint density at radius 2 is 1.58 bits per heavy atom. The standard InChI is InChI=1S/C9H5F4NO.2C2H6/c1-4-6-2-5(10)3-7(9(11,12)13)8(6)14-15-4;2*1-2/h2-3H,1H3;2*1-2H3. The summed E-state index contributed by atoms with van der Waals surface area (Å²) >= 11 is 0. The van der Waals surface area contributed by atoms with Crippen LogP contribution in [-0.4, -0.2) is 5.16 Å². The first-order chi connectivity index (χ1) is 8.89. The fraction of sp³-hybridized carbons (Fsp3) is 0.462. The molecule has 0 N–H and O–H groups in total. The largest absolute Gasteiger partial charge is 0.418 e. The van der Waals surface area contributed by atoms with Gasteiger partial charge in [0.15, 0.2) is 0 Å². The molecule has 108 valence electrons. The first kappa shape index (κ1) is 17.4. The van der Waals surface area contributed by atoms with Crippen LogP contribution in [0.15, 0.2) is 16.7 Å². The number of alkyl halides is 3. The minimum atomic E-state index is -4.64. The van der Waals surface area contributed by atoms with Gasteiger partial charge in [0.1, 0.15) is 17.1 Å². The monoisotopic (exact) mass is 279 g/mol. The molecule has 0 aliphatic carbocycles. The molecule has 2 aromatic rings. The molecule has 0 atom stereocenters. The van der Waals surface area contributed by atoms with Crippen LogP contribution < -0.4 is 0 Å². The lowest BCUT2D eigenvalue weighted by Gasteiger charge is -2.06. The second-order valence-electron chi connectivity index (χ2n) is 3.09. The first-order valence-electron chi connectivity index (χ1n) is 6.02. The average Bonchev–Trinajstić information content (AvgIpc) is 2.74. The van der Waals surface area contributed by atoms with Crippen LogP contribution in [0.25, 0.3) is 10.9 Å². The zero-order chi connectivity index (χ0) is 15.2. The van der Waals surface area contributed by atoms with E-state index in [9.17, 15) is 17.6 Å². The molecule has 1 heterocycles. The Morgan fingerprint density at radius 3 is 2.05 bits per heavy atom. The van der Waals surface area contributed by atoms with Crippen molar-refractivity contribution in [3.63, 3.8) is 0 Å². The van der Waals surface area contributed by atoms with Crippen LogP contribution in [0.5, 0.6) is 0 Å². The Bertz CT molecular complexity index is 517. The highest BCUT2D eigenvalue weighted by molar-refractivity contribution is 5.83. The van der Waals surface area contributed by atoms with E-state index >= 15 is 0 Å². The van der Waals surface area contributed by atoms with Crippen LogP contribution in [0.4, 0.5) is 17.6 Å². The third kappa shape index (κ3) is 3.94. The van der Waals surface area contributed by atoms with E-state index in [1.165, 1.54) is 6.92 Å². The molecule has 0 saturated carbocycles. The number of halogens is 4. The van der Waals surface area contributed by atoms with Crippen LogP contribution in [0.3, 0.4) is 0 Å². The van der Waals surface area contributed by atoms with E-state index in [0.29, 0.717) is 6.07 Å². The van der Waals surface area contributed by atoms with Crippen molar-refractivity contribution in [1.82, 2.24) is 5.16 Å². The quantitative estimate of drug-likeness (QED) is 0.608. The van der Waals surface area contributed by atoms with E-state index in [0.717, 1.165) is 6.07 Å². The number of hydrogen-bond acceptors (Lipinski definition) is 2. The highest BCUT2D eigenvalue weighted by atomic mass is 19.4. The molecule has 0 amide bonds. The molecule has 0 aliphatic rings. The van der Waals surface area contributed by atoms with E-state index in [-0.39, 0.29) is 16.7 Å².